The molecular formula is C26H28N2O3S. The molecule has 0 aliphatic heterocycles. The van der Waals surface area contributed by atoms with Gasteiger partial charge in [0.2, 0.25) is 11.8 Å². The van der Waals surface area contributed by atoms with E-state index in [1.807, 2.05) is 47.8 Å². The number of hydrogen-bond donors (Lipinski definition) is 2. The van der Waals surface area contributed by atoms with Crippen LogP contribution in [0.4, 0.5) is 5.69 Å². The minimum atomic E-state index is -0.826. The van der Waals surface area contributed by atoms with Crippen molar-refractivity contribution < 1.29 is 14.7 Å². The molecule has 0 radical (unpaired) electrons. The number of phenols is 1. The number of anilines is 1. The van der Waals surface area contributed by atoms with E-state index in [2.05, 4.69) is 5.32 Å². The lowest BCUT2D eigenvalue weighted by atomic mass is 9.94. The molecule has 1 unspecified atom stereocenters. The zero-order valence-corrected chi connectivity index (χ0v) is 18.8. The Labute approximate surface area is 192 Å². The summed E-state index contributed by atoms with van der Waals surface area (Å²) < 4.78 is 0. The summed E-state index contributed by atoms with van der Waals surface area (Å²) in [5.41, 5.74) is 1.34. The van der Waals surface area contributed by atoms with E-state index in [4.69, 9.17) is 0 Å². The molecule has 6 heteroatoms. The summed E-state index contributed by atoms with van der Waals surface area (Å²) in [4.78, 5) is 29.8. The van der Waals surface area contributed by atoms with Crippen LogP contribution in [0.5, 0.6) is 5.75 Å². The monoisotopic (exact) mass is 448 g/mol. The highest BCUT2D eigenvalue weighted by Gasteiger charge is 2.34. The van der Waals surface area contributed by atoms with Crippen LogP contribution in [0.3, 0.4) is 0 Å². The molecule has 0 spiro atoms. The number of nitrogens with zero attached hydrogens (tertiary/aromatic N) is 1. The maximum atomic E-state index is 13.7. The normalized spacial score (nSPS) is 15.1. The predicted octanol–water partition coefficient (Wildman–Crippen LogP) is 5.22. The number of para-hydroxylation sites is 1. The molecule has 4 rings (SSSR count). The van der Waals surface area contributed by atoms with Crippen LogP contribution in [0.25, 0.3) is 0 Å². The van der Waals surface area contributed by atoms with Crippen molar-refractivity contribution >= 4 is 28.8 Å². The lowest BCUT2D eigenvalue weighted by Gasteiger charge is -2.33. The Bertz CT molecular complexity index is 1010. The van der Waals surface area contributed by atoms with Crippen LogP contribution >= 0.6 is 11.3 Å². The summed E-state index contributed by atoms with van der Waals surface area (Å²) in [6.07, 6.45) is 5.55. The molecule has 1 aromatic heterocycles. The van der Waals surface area contributed by atoms with Gasteiger partial charge in [-0.3, -0.25) is 14.5 Å². The molecule has 1 fully saturated rings. The number of benzene rings is 2. The minimum Gasteiger partial charge on any atom is -0.508 e. The first-order valence-corrected chi connectivity index (χ1v) is 12.0. The van der Waals surface area contributed by atoms with Gasteiger partial charge in [0.05, 0.1) is 6.42 Å². The molecule has 3 aromatic rings. The van der Waals surface area contributed by atoms with Gasteiger partial charge in [-0.2, -0.15) is 0 Å². The van der Waals surface area contributed by atoms with E-state index in [9.17, 15) is 14.7 Å². The Balaban J connectivity index is 1.71. The van der Waals surface area contributed by atoms with Gasteiger partial charge in [-0.05, 0) is 54.1 Å². The number of carbonyl (C=O) groups is 2. The van der Waals surface area contributed by atoms with Crippen molar-refractivity contribution in [3.63, 3.8) is 0 Å². The van der Waals surface area contributed by atoms with E-state index >= 15 is 0 Å². The number of carbonyl (C=O) groups excluding carboxylic acids is 2. The average molecular weight is 449 g/mol. The molecule has 0 saturated heterocycles. The van der Waals surface area contributed by atoms with Gasteiger partial charge in [0.15, 0.2) is 0 Å². The molecule has 166 valence electrons. The van der Waals surface area contributed by atoms with Crippen LogP contribution < -0.4 is 10.2 Å². The SMILES string of the molecule is O=C(NC1CCCCC1)C(c1ccc(O)cc1)N(C(=O)Cc1cccs1)c1ccccc1. The molecule has 32 heavy (non-hydrogen) atoms. The molecular weight excluding hydrogens is 420 g/mol. The molecule has 5 nitrogen and oxygen atoms in total. The van der Waals surface area contributed by atoms with Gasteiger partial charge in [0, 0.05) is 16.6 Å². The zero-order chi connectivity index (χ0) is 22.3. The summed E-state index contributed by atoms with van der Waals surface area (Å²) in [6, 6.07) is 19.0. The van der Waals surface area contributed by atoms with Crippen molar-refractivity contribution in [2.24, 2.45) is 0 Å². The summed E-state index contributed by atoms with van der Waals surface area (Å²) in [6.45, 7) is 0. The Kier molecular flexibility index (Phi) is 7.22. The highest BCUT2D eigenvalue weighted by Crippen LogP contribution is 2.31. The van der Waals surface area contributed by atoms with Crippen molar-refractivity contribution in [2.45, 2.75) is 50.6 Å². The second-order valence-electron chi connectivity index (χ2n) is 8.19. The second kappa shape index (κ2) is 10.5. The fraction of sp³-hybridized carbons (Fsp3) is 0.308. The fourth-order valence-electron chi connectivity index (χ4n) is 4.27. The molecule has 1 heterocycles. The maximum absolute atomic E-state index is 13.7. The number of thiophene rings is 1. The molecule has 1 aliphatic carbocycles. The van der Waals surface area contributed by atoms with Gasteiger partial charge in [-0.15, -0.1) is 11.3 Å². The Morgan fingerprint density at radius 3 is 2.34 bits per heavy atom. The molecule has 2 N–H and O–H groups in total. The number of hydrogen-bond acceptors (Lipinski definition) is 4. The summed E-state index contributed by atoms with van der Waals surface area (Å²) >= 11 is 1.53. The van der Waals surface area contributed by atoms with E-state index in [1.165, 1.54) is 17.8 Å². The van der Waals surface area contributed by atoms with Crippen molar-refractivity contribution in [1.29, 1.82) is 0 Å². The van der Waals surface area contributed by atoms with E-state index < -0.39 is 6.04 Å². The quantitative estimate of drug-likeness (QED) is 0.521. The molecule has 1 atom stereocenters. The zero-order valence-electron chi connectivity index (χ0n) is 17.9. The van der Waals surface area contributed by atoms with Crippen molar-refractivity contribution in [3.05, 3.63) is 82.6 Å². The van der Waals surface area contributed by atoms with E-state index in [-0.39, 0.29) is 30.0 Å². The van der Waals surface area contributed by atoms with E-state index in [1.54, 1.807) is 29.2 Å². The third-order valence-electron chi connectivity index (χ3n) is 5.88. The third kappa shape index (κ3) is 5.37. The van der Waals surface area contributed by atoms with Crippen LogP contribution in [0.1, 0.15) is 48.6 Å². The van der Waals surface area contributed by atoms with Gasteiger partial charge < -0.3 is 10.4 Å². The average Bonchev–Trinajstić information content (AvgIpc) is 3.32. The van der Waals surface area contributed by atoms with Gasteiger partial charge in [0.25, 0.3) is 0 Å². The Hall–Kier alpha value is -3.12. The van der Waals surface area contributed by atoms with E-state index in [0.717, 1.165) is 30.6 Å². The summed E-state index contributed by atoms with van der Waals surface area (Å²) in [5.74, 6) is -0.210. The highest BCUT2D eigenvalue weighted by molar-refractivity contribution is 7.10. The molecule has 0 bridgehead atoms. The van der Waals surface area contributed by atoms with Crippen LogP contribution in [0, 0.1) is 0 Å². The molecule has 1 saturated carbocycles. The number of phenolic OH excluding ortho intramolecular Hbond substituents is 1. The highest BCUT2D eigenvalue weighted by atomic mass is 32.1. The Morgan fingerprint density at radius 1 is 0.969 bits per heavy atom. The first-order valence-electron chi connectivity index (χ1n) is 11.1. The van der Waals surface area contributed by atoms with E-state index in [0.29, 0.717) is 11.3 Å². The van der Waals surface area contributed by atoms with Gasteiger partial charge in [-0.25, -0.2) is 0 Å². The molecule has 1 aliphatic rings. The minimum absolute atomic E-state index is 0.122. The van der Waals surface area contributed by atoms with Gasteiger partial charge >= 0.3 is 0 Å². The first kappa shape index (κ1) is 22.1. The van der Waals surface area contributed by atoms with Crippen LogP contribution in [0.15, 0.2) is 72.1 Å². The van der Waals surface area contributed by atoms with Crippen molar-refractivity contribution in [3.8, 4) is 5.75 Å². The number of amides is 2. The lowest BCUT2D eigenvalue weighted by molar-refractivity contribution is -0.127. The number of nitrogens with one attached hydrogen (secondary N) is 1. The van der Waals surface area contributed by atoms with Crippen LogP contribution in [-0.4, -0.2) is 23.0 Å². The molecule has 2 aromatic carbocycles. The topological polar surface area (TPSA) is 69.6 Å². The van der Waals surface area contributed by atoms with Crippen molar-refractivity contribution in [1.82, 2.24) is 5.32 Å². The number of rotatable bonds is 7. The smallest absolute Gasteiger partial charge is 0.248 e. The second-order valence-corrected chi connectivity index (χ2v) is 9.23. The van der Waals surface area contributed by atoms with Gasteiger partial charge in [-0.1, -0.05) is 55.7 Å². The van der Waals surface area contributed by atoms with Crippen LogP contribution in [0.2, 0.25) is 0 Å². The maximum Gasteiger partial charge on any atom is 0.248 e. The largest absolute Gasteiger partial charge is 0.508 e. The fourth-order valence-corrected chi connectivity index (χ4v) is 4.97. The molecule has 2 amide bonds. The summed E-state index contributed by atoms with van der Waals surface area (Å²) in [5, 5.41) is 14.9. The standard InChI is InChI=1S/C26H28N2O3S/c29-22-15-13-19(14-16-22)25(26(31)27-20-8-3-1-4-9-20)28(21-10-5-2-6-11-21)24(30)18-23-12-7-17-32-23/h2,5-7,10-17,20,25,29H,1,3-4,8-9,18H2,(H,27,31). The number of aromatic hydroxyl groups is 1. The third-order valence-corrected chi connectivity index (χ3v) is 6.75. The first-order chi connectivity index (χ1) is 15.6. The Morgan fingerprint density at radius 2 is 1.69 bits per heavy atom. The van der Waals surface area contributed by atoms with Crippen molar-refractivity contribution in [2.75, 3.05) is 4.90 Å². The lowest BCUT2D eigenvalue weighted by Crippen LogP contribution is -2.47. The van der Waals surface area contributed by atoms with Crippen LogP contribution in [-0.2, 0) is 16.0 Å². The van der Waals surface area contributed by atoms with Gasteiger partial charge in [0.1, 0.15) is 11.8 Å². The predicted molar refractivity (Wildman–Crippen MR) is 128 cm³/mol. The summed E-state index contributed by atoms with van der Waals surface area (Å²) in [7, 11) is 0.